The number of thiophene rings is 1. The largest absolute Gasteiger partial charge is 0.392 e. The molecule has 0 unspecified atom stereocenters. The van der Waals surface area contributed by atoms with Crippen molar-refractivity contribution >= 4 is 21.4 Å². The van der Waals surface area contributed by atoms with Gasteiger partial charge in [0.2, 0.25) is 0 Å². The van der Waals surface area contributed by atoms with E-state index >= 15 is 0 Å². The van der Waals surface area contributed by atoms with Crippen molar-refractivity contribution in [2.24, 2.45) is 0 Å². The summed E-state index contributed by atoms with van der Waals surface area (Å²) in [6.07, 6.45) is 1.75. The van der Waals surface area contributed by atoms with Gasteiger partial charge in [-0.1, -0.05) is 0 Å². The van der Waals surface area contributed by atoms with Gasteiger partial charge in [-0.15, -0.1) is 0 Å². The molecule has 1 saturated carbocycles. The molecule has 6 nitrogen and oxygen atoms in total. The second-order valence-corrected chi connectivity index (χ2v) is 7.79. The maximum Gasteiger partial charge on any atom is 0.263 e. The van der Waals surface area contributed by atoms with Crippen LogP contribution in [0.3, 0.4) is 0 Å². The van der Waals surface area contributed by atoms with Crippen molar-refractivity contribution in [1.29, 1.82) is 0 Å². The molecule has 1 fully saturated rings. The van der Waals surface area contributed by atoms with Gasteiger partial charge in [0.25, 0.3) is 10.0 Å². The molecule has 0 saturated heterocycles. The van der Waals surface area contributed by atoms with Crippen LogP contribution in [0.1, 0.15) is 29.7 Å². The lowest BCUT2D eigenvalue weighted by Gasteiger charge is -2.20. The molecule has 1 aliphatic carbocycles. The Kier molecular flexibility index (Phi) is 3.87. The molecule has 114 valence electrons. The Hall–Kier alpha value is -1.22. The first-order valence-electron chi connectivity index (χ1n) is 6.71. The van der Waals surface area contributed by atoms with E-state index in [9.17, 15) is 13.5 Å². The Bertz CT molecular complexity index is 718. The van der Waals surface area contributed by atoms with Crippen LogP contribution in [0.25, 0.3) is 0 Å². The van der Waals surface area contributed by atoms with Crippen LogP contribution in [0.15, 0.2) is 21.9 Å². The number of hydrogen-bond donors (Lipinski definition) is 2. The van der Waals surface area contributed by atoms with E-state index in [2.05, 4.69) is 10.2 Å². The molecule has 0 aliphatic heterocycles. The Labute approximate surface area is 127 Å². The lowest BCUT2D eigenvalue weighted by atomic mass is 10.3. The van der Waals surface area contributed by atoms with Crippen molar-refractivity contribution in [1.82, 2.24) is 14.5 Å². The number of aromatic amines is 1. The number of aryl methyl sites for hydroxylation is 1. The quantitative estimate of drug-likeness (QED) is 0.844. The second kappa shape index (κ2) is 5.53. The van der Waals surface area contributed by atoms with E-state index in [4.69, 9.17) is 0 Å². The fraction of sp³-hybridized carbons (Fsp3) is 0.462. The van der Waals surface area contributed by atoms with Gasteiger partial charge in [0.15, 0.2) is 5.03 Å². The van der Waals surface area contributed by atoms with Gasteiger partial charge in [0.1, 0.15) is 0 Å². The van der Waals surface area contributed by atoms with Gasteiger partial charge in [-0.05, 0) is 42.2 Å². The molecule has 0 aromatic carbocycles. The molecule has 21 heavy (non-hydrogen) atoms. The smallest absolute Gasteiger partial charge is 0.263 e. The summed E-state index contributed by atoms with van der Waals surface area (Å²) < 4.78 is 27.2. The van der Waals surface area contributed by atoms with E-state index < -0.39 is 10.0 Å². The van der Waals surface area contributed by atoms with Gasteiger partial charge in [-0.3, -0.25) is 5.10 Å². The number of nitrogens with zero attached hydrogens (tertiary/aromatic N) is 2. The molecule has 0 radical (unpaired) electrons. The number of aliphatic hydroxyl groups is 1. The van der Waals surface area contributed by atoms with E-state index in [1.54, 1.807) is 18.3 Å². The Morgan fingerprint density at radius 3 is 2.86 bits per heavy atom. The van der Waals surface area contributed by atoms with Crippen molar-refractivity contribution < 1.29 is 13.5 Å². The number of hydrogen-bond acceptors (Lipinski definition) is 5. The molecule has 0 bridgehead atoms. The summed E-state index contributed by atoms with van der Waals surface area (Å²) in [6.45, 7) is 1.72. The number of nitrogens with one attached hydrogen (secondary N) is 1. The number of aromatic nitrogens is 2. The fourth-order valence-corrected chi connectivity index (χ4v) is 4.77. The van der Waals surface area contributed by atoms with Gasteiger partial charge < -0.3 is 5.11 Å². The SMILES string of the molecule is Cc1[nH]nc(S(=O)(=O)N(Cc2ccsc2)C2CC2)c1CO. The van der Waals surface area contributed by atoms with Crippen molar-refractivity contribution in [3.63, 3.8) is 0 Å². The van der Waals surface area contributed by atoms with Crippen LogP contribution in [-0.4, -0.2) is 34.1 Å². The summed E-state index contributed by atoms with van der Waals surface area (Å²) in [5.41, 5.74) is 1.92. The first kappa shape index (κ1) is 14.7. The molecule has 2 aromatic heterocycles. The number of aliphatic hydroxyl groups excluding tert-OH is 1. The van der Waals surface area contributed by atoms with E-state index in [0.717, 1.165) is 18.4 Å². The molecule has 3 rings (SSSR count). The van der Waals surface area contributed by atoms with E-state index in [1.165, 1.54) is 4.31 Å². The molecule has 2 N–H and O–H groups in total. The van der Waals surface area contributed by atoms with Crippen LogP contribution in [0.5, 0.6) is 0 Å². The molecule has 0 amide bonds. The van der Waals surface area contributed by atoms with Crippen LogP contribution in [-0.2, 0) is 23.2 Å². The highest BCUT2D eigenvalue weighted by molar-refractivity contribution is 7.89. The third-order valence-electron chi connectivity index (χ3n) is 3.62. The zero-order valence-electron chi connectivity index (χ0n) is 11.6. The summed E-state index contributed by atoms with van der Waals surface area (Å²) in [5, 5.41) is 19.8. The van der Waals surface area contributed by atoms with Gasteiger partial charge in [0.05, 0.1) is 6.61 Å². The third-order valence-corrected chi connectivity index (χ3v) is 6.22. The van der Waals surface area contributed by atoms with Crippen LogP contribution in [0, 0.1) is 6.92 Å². The van der Waals surface area contributed by atoms with E-state index in [1.807, 2.05) is 16.8 Å². The second-order valence-electron chi connectivity index (χ2n) is 5.20. The first-order valence-corrected chi connectivity index (χ1v) is 9.10. The normalized spacial score (nSPS) is 15.8. The molecular weight excluding hydrogens is 310 g/mol. The van der Waals surface area contributed by atoms with Crippen molar-refractivity contribution in [2.45, 2.75) is 44.0 Å². The highest BCUT2D eigenvalue weighted by Crippen LogP contribution is 2.34. The van der Waals surface area contributed by atoms with E-state index in [-0.39, 0.29) is 17.7 Å². The molecule has 0 atom stereocenters. The standard InChI is InChI=1S/C13H17N3O3S2/c1-9-12(7-17)13(15-14-9)21(18,19)16(11-2-3-11)6-10-4-5-20-8-10/h4-5,8,11,17H,2-3,6-7H2,1H3,(H,14,15). The van der Waals surface area contributed by atoms with Gasteiger partial charge in [0, 0.05) is 23.8 Å². The third kappa shape index (κ3) is 2.76. The lowest BCUT2D eigenvalue weighted by molar-refractivity contribution is 0.277. The fourth-order valence-electron chi connectivity index (χ4n) is 2.28. The minimum atomic E-state index is -3.70. The Morgan fingerprint density at radius 2 is 2.29 bits per heavy atom. The predicted molar refractivity (Wildman–Crippen MR) is 79.3 cm³/mol. The van der Waals surface area contributed by atoms with Crippen molar-refractivity contribution in [3.8, 4) is 0 Å². The average Bonchev–Trinajstić information content (AvgIpc) is 3.00. The number of sulfonamides is 1. The Morgan fingerprint density at radius 1 is 1.52 bits per heavy atom. The number of rotatable bonds is 6. The van der Waals surface area contributed by atoms with Crippen molar-refractivity contribution in [2.75, 3.05) is 0 Å². The Balaban J connectivity index is 1.97. The zero-order valence-corrected chi connectivity index (χ0v) is 13.2. The predicted octanol–water partition coefficient (Wildman–Crippen LogP) is 1.63. The minimum absolute atomic E-state index is 0.0402. The van der Waals surface area contributed by atoms with Gasteiger partial charge in [-0.25, -0.2) is 8.42 Å². The van der Waals surface area contributed by atoms with Crippen LogP contribution in [0.4, 0.5) is 0 Å². The maximum absolute atomic E-state index is 12.9. The summed E-state index contributed by atoms with van der Waals surface area (Å²) in [6, 6.07) is 1.97. The molecule has 1 aliphatic rings. The van der Waals surface area contributed by atoms with Crippen LogP contribution >= 0.6 is 11.3 Å². The topological polar surface area (TPSA) is 86.3 Å². The zero-order chi connectivity index (χ0) is 15.0. The summed E-state index contributed by atoms with van der Waals surface area (Å²) in [5.74, 6) is 0. The van der Waals surface area contributed by atoms with Gasteiger partial charge >= 0.3 is 0 Å². The van der Waals surface area contributed by atoms with Gasteiger partial charge in [-0.2, -0.15) is 20.7 Å². The molecule has 2 heterocycles. The number of H-pyrrole nitrogens is 1. The highest BCUT2D eigenvalue weighted by Gasteiger charge is 2.40. The van der Waals surface area contributed by atoms with Crippen molar-refractivity contribution in [3.05, 3.63) is 33.6 Å². The summed E-state index contributed by atoms with van der Waals surface area (Å²) in [4.78, 5) is 0. The lowest BCUT2D eigenvalue weighted by Crippen LogP contribution is -2.33. The summed E-state index contributed by atoms with van der Waals surface area (Å²) in [7, 11) is -3.70. The molecule has 8 heteroatoms. The maximum atomic E-state index is 12.9. The monoisotopic (exact) mass is 327 g/mol. The molecular formula is C13H17N3O3S2. The first-order chi connectivity index (χ1) is 10.0. The average molecular weight is 327 g/mol. The molecule has 0 spiro atoms. The molecule has 2 aromatic rings. The van der Waals surface area contributed by atoms with E-state index in [0.29, 0.717) is 17.8 Å². The minimum Gasteiger partial charge on any atom is -0.392 e. The summed E-state index contributed by atoms with van der Waals surface area (Å²) >= 11 is 1.55. The van der Waals surface area contributed by atoms with Crippen LogP contribution < -0.4 is 0 Å². The highest BCUT2D eigenvalue weighted by atomic mass is 32.2. The van der Waals surface area contributed by atoms with Crippen LogP contribution in [0.2, 0.25) is 0 Å².